The predicted octanol–water partition coefficient (Wildman–Crippen LogP) is 4.66. The summed E-state index contributed by atoms with van der Waals surface area (Å²) in [6, 6.07) is 12.9. The summed E-state index contributed by atoms with van der Waals surface area (Å²) < 4.78 is 0. The lowest BCUT2D eigenvalue weighted by atomic mass is 10.1. The van der Waals surface area contributed by atoms with Crippen molar-refractivity contribution >= 4 is 21.7 Å². The van der Waals surface area contributed by atoms with Crippen molar-refractivity contribution in [3.05, 3.63) is 48.2 Å². The zero-order chi connectivity index (χ0) is 11.5. The first-order valence-electron chi connectivity index (χ1n) is 5.81. The highest BCUT2D eigenvalue weighted by atomic mass is 14.7. The Hall–Kier alpha value is -1.76. The molecule has 0 atom stereocenters. The first-order chi connectivity index (χ1) is 7.84. The fraction of sp³-hybridized carbons (Fsp3) is 0.200. The normalized spacial score (nSPS) is 10.2. The van der Waals surface area contributed by atoms with Gasteiger partial charge in [-0.2, -0.15) is 0 Å². The quantitative estimate of drug-likeness (QED) is 0.557. The standard InChI is InChI=1S/C13H11N.C2H6/c1-9-8-14-13-7-11-5-3-2-4-10(11)6-12(9)13;1-2/h2-8,14H,1H3;1-2H3. The van der Waals surface area contributed by atoms with Crippen LogP contribution in [0.4, 0.5) is 0 Å². The number of benzene rings is 2. The van der Waals surface area contributed by atoms with Crippen LogP contribution >= 0.6 is 0 Å². The molecule has 3 aromatic rings. The molecule has 0 bridgehead atoms. The van der Waals surface area contributed by atoms with Gasteiger partial charge in [0.05, 0.1) is 0 Å². The Morgan fingerprint density at radius 1 is 0.938 bits per heavy atom. The highest BCUT2D eigenvalue weighted by Gasteiger charge is 2.00. The number of fused-ring (bicyclic) bond motifs is 2. The minimum atomic E-state index is 1.22. The Morgan fingerprint density at radius 3 is 2.25 bits per heavy atom. The van der Waals surface area contributed by atoms with Crippen LogP contribution in [0.5, 0.6) is 0 Å². The molecule has 0 amide bonds. The van der Waals surface area contributed by atoms with Crippen LogP contribution in [0.25, 0.3) is 21.7 Å². The Bertz CT molecular complexity index is 605. The van der Waals surface area contributed by atoms with Crippen molar-refractivity contribution in [3.8, 4) is 0 Å². The number of hydrogen-bond donors (Lipinski definition) is 1. The molecule has 0 saturated heterocycles. The average Bonchev–Trinajstić information content (AvgIpc) is 2.71. The fourth-order valence-corrected chi connectivity index (χ4v) is 1.95. The lowest BCUT2D eigenvalue weighted by Crippen LogP contribution is -1.73. The van der Waals surface area contributed by atoms with Gasteiger partial charge in [-0.3, -0.25) is 0 Å². The third-order valence-electron chi connectivity index (χ3n) is 2.75. The van der Waals surface area contributed by atoms with Gasteiger partial charge in [-0.1, -0.05) is 38.1 Å². The van der Waals surface area contributed by atoms with Crippen LogP contribution in [0.3, 0.4) is 0 Å². The SMILES string of the molecule is CC.Cc1c[nH]c2cc3ccccc3cc12. The summed E-state index contributed by atoms with van der Waals surface area (Å²) >= 11 is 0. The van der Waals surface area contributed by atoms with Crippen LogP contribution in [0.2, 0.25) is 0 Å². The van der Waals surface area contributed by atoms with Crippen LogP contribution in [-0.4, -0.2) is 4.98 Å². The molecule has 0 aliphatic carbocycles. The van der Waals surface area contributed by atoms with E-state index in [-0.39, 0.29) is 0 Å². The summed E-state index contributed by atoms with van der Waals surface area (Å²) in [5.74, 6) is 0. The van der Waals surface area contributed by atoms with E-state index in [9.17, 15) is 0 Å². The van der Waals surface area contributed by atoms with E-state index in [1.165, 1.54) is 27.2 Å². The number of aryl methyl sites for hydroxylation is 1. The number of aromatic amines is 1. The van der Waals surface area contributed by atoms with Gasteiger partial charge in [0, 0.05) is 17.1 Å². The van der Waals surface area contributed by atoms with E-state index >= 15 is 0 Å². The number of rotatable bonds is 0. The largest absolute Gasteiger partial charge is 0.361 e. The van der Waals surface area contributed by atoms with Crippen LogP contribution in [0.1, 0.15) is 19.4 Å². The molecule has 3 rings (SSSR count). The van der Waals surface area contributed by atoms with Crippen molar-refractivity contribution < 1.29 is 0 Å². The van der Waals surface area contributed by atoms with E-state index in [1.54, 1.807) is 0 Å². The van der Waals surface area contributed by atoms with Gasteiger partial charge in [-0.15, -0.1) is 0 Å². The molecule has 2 aromatic carbocycles. The van der Waals surface area contributed by atoms with Gasteiger partial charge in [0.15, 0.2) is 0 Å². The van der Waals surface area contributed by atoms with Gasteiger partial charge in [0.1, 0.15) is 0 Å². The van der Waals surface area contributed by atoms with Gasteiger partial charge in [0.25, 0.3) is 0 Å². The third kappa shape index (κ3) is 1.69. The molecule has 1 N–H and O–H groups in total. The smallest absolute Gasteiger partial charge is 0.0463 e. The molecule has 0 aliphatic rings. The molecule has 1 nitrogen and oxygen atoms in total. The third-order valence-corrected chi connectivity index (χ3v) is 2.75. The average molecular weight is 211 g/mol. The van der Waals surface area contributed by atoms with Crippen molar-refractivity contribution in [1.82, 2.24) is 4.98 Å². The summed E-state index contributed by atoms with van der Waals surface area (Å²) in [7, 11) is 0. The van der Waals surface area contributed by atoms with Crippen LogP contribution in [0, 0.1) is 6.92 Å². The topological polar surface area (TPSA) is 15.8 Å². The van der Waals surface area contributed by atoms with Gasteiger partial charge in [-0.25, -0.2) is 0 Å². The highest BCUT2D eigenvalue weighted by Crippen LogP contribution is 2.24. The maximum Gasteiger partial charge on any atom is 0.0463 e. The van der Waals surface area contributed by atoms with Crippen LogP contribution in [0.15, 0.2) is 42.6 Å². The molecular formula is C15H17N. The molecule has 0 saturated carbocycles. The Balaban J connectivity index is 0.000000457. The van der Waals surface area contributed by atoms with E-state index < -0.39 is 0 Å². The molecule has 0 radical (unpaired) electrons. The molecule has 1 aromatic heterocycles. The number of nitrogens with one attached hydrogen (secondary N) is 1. The molecule has 0 unspecified atom stereocenters. The highest BCUT2D eigenvalue weighted by molar-refractivity contribution is 5.98. The molecule has 0 aliphatic heterocycles. The molecule has 0 spiro atoms. The van der Waals surface area contributed by atoms with E-state index in [4.69, 9.17) is 0 Å². The Morgan fingerprint density at radius 2 is 1.56 bits per heavy atom. The van der Waals surface area contributed by atoms with Crippen molar-refractivity contribution in [2.75, 3.05) is 0 Å². The zero-order valence-electron chi connectivity index (χ0n) is 10.0. The summed E-state index contributed by atoms with van der Waals surface area (Å²) in [5, 5.41) is 3.92. The molecule has 1 heterocycles. The molecule has 16 heavy (non-hydrogen) atoms. The van der Waals surface area contributed by atoms with Crippen molar-refractivity contribution in [2.24, 2.45) is 0 Å². The monoisotopic (exact) mass is 211 g/mol. The summed E-state index contributed by atoms with van der Waals surface area (Å²) in [4.78, 5) is 3.28. The maximum atomic E-state index is 3.28. The summed E-state index contributed by atoms with van der Waals surface area (Å²) in [5.41, 5.74) is 2.53. The summed E-state index contributed by atoms with van der Waals surface area (Å²) in [6.07, 6.45) is 2.06. The van der Waals surface area contributed by atoms with Gasteiger partial charge in [-0.05, 0) is 35.4 Å². The first-order valence-corrected chi connectivity index (χ1v) is 5.81. The van der Waals surface area contributed by atoms with Gasteiger partial charge >= 0.3 is 0 Å². The number of H-pyrrole nitrogens is 1. The van der Waals surface area contributed by atoms with E-state index in [1.807, 2.05) is 13.8 Å². The number of hydrogen-bond acceptors (Lipinski definition) is 0. The second-order valence-electron chi connectivity index (χ2n) is 3.72. The maximum absolute atomic E-state index is 3.28. The second kappa shape index (κ2) is 4.40. The predicted molar refractivity (Wildman–Crippen MR) is 71.9 cm³/mol. The Kier molecular flexibility index (Phi) is 2.95. The minimum Gasteiger partial charge on any atom is -0.361 e. The molecular weight excluding hydrogens is 194 g/mol. The van der Waals surface area contributed by atoms with Crippen LogP contribution < -0.4 is 0 Å². The lowest BCUT2D eigenvalue weighted by molar-refractivity contribution is 1.43. The summed E-state index contributed by atoms with van der Waals surface area (Å²) in [6.45, 7) is 6.13. The van der Waals surface area contributed by atoms with Gasteiger partial charge in [0.2, 0.25) is 0 Å². The lowest BCUT2D eigenvalue weighted by Gasteiger charge is -1.98. The second-order valence-corrected chi connectivity index (χ2v) is 3.72. The minimum absolute atomic E-state index is 1.22. The van der Waals surface area contributed by atoms with Crippen molar-refractivity contribution in [3.63, 3.8) is 0 Å². The molecule has 1 heteroatoms. The Labute approximate surface area is 96.1 Å². The zero-order valence-corrected chi connectivity index (χ0v) is 10.0. The van der Waals surface area contributed by atoms with Crippen LogP contribution in [-0.2, 0) is 0 Å². The number of aromatic nitrogens is 1. The van der Waals surface area contributed by atoms with Crippen molar-refractivity contribution in [2.45, 2.75) is 20.8 Å². The first kappa shape index (κ1) is 10.7. The fourth-order valence-electron chi connectivity index (χ4n) is 1.95. The van der Waals surface area contributed by atoms with Crippen molar-refractivity contribution in [1.29, 1.82) is 0 Å². The molecule has 0 fully saturated rings. The van der Waals surface area contributed by atoms with E-state index in [0.717, 1.165) is 0 Å². The van der Waals surface area contributed by atoms with E-state index in [0.29, 0.717) is 0 Å². The molecule has 82 valence electrons. The van der Waals surface area contributed by atoms with Gasteiger partial charge < -0.3 is 4.98 Å². The van der Waals surface area contributed by atoms with E-state index in [2.05, 4.69) is 54.5 Å².